The Morgan fingerprint density at radius 1 is 1.29 bits per heavy atom. The van der Waals surface area contributed by atoms with Crippen LogP contribution in [0.25, 0.3) is 0 Å². The Bertz CT molecular complexity index is 421. The van der Waals surface area contributed by atoms with Crippen LogP contribution in [0, 0.1) is 22.7 Å². The standard InChI is InChI=1S/C19H32O2/c1-14(8-11-20)6-7-15-12-16(21)13-17-18(2,3)9-5-10-19(15,17)4/h12,14,17,20H,5-11,13H2,1-4H3. The number of aliphatic hydroxyl groups is 1. The van der Waals surface area contributed by atoms with Gasteiger partial charge in [0.1, 0.15) is 0 Å². The van der Waals surface area contributed by atoms with Crippen LogP contribution in [0.4, 0.5) is 0 Å². The van der Waals surface area contributed by atoms with E-state index in [4.69, 9.17) is 5.11 Å². The molecule has 3 atom stereocenters. The number of hydrogen-bond acceptors (Lipinski definition) is 2. The van der Waals surface area contributed by atoms with Gasteiger partial charge in [-0.2, -0.15) is 0 Å². The molecular formula is C19H32O2. The molecule has 120 valence electrons. The predicted octanol–water partition coefficient (Wildman–Crippen LogP) is 4.52. The Balaban J connectivity index is 2.17. The normalized spacial score (nSPS) is 33.3. The van der Waals surface area contributed by atoms with E-state index in [2.05, 4.69) is 27.7 Å². The molecule has 1 N–H and O–H groups in total. The van der Waals surface area contributed by atoms with Crippen molar-refractivity contribution in [3.05, 3.63) is 11.6 Å². The highest BCUT2D eigenvalue weighted by atomic mass is 16.3. The van der Waals surface area contributed by atoms with Crippen molar-refractivity contribution >= 4 is 5.78 Å². The van der Waals surface area contributed by atoms with Gasteiger partial charge in [0.05, 0.1) is 0 Å². The fourth-order valence-electron chi connectivity index (χ4n) is 4.75. The number of ketones is 1. The summed E-state index contributed by atoms with van der Waals surface area (Å²) < 4.78 is 0. The van der Waals surface area contributed by atoms with Crippen molar-refractivity contribution in [1.29, 1.82) is 0 Å². The second-order valence-electron chi connectivity index (χ2n) is 8.31. The minimum absolute atomic E-state index is 0.217. The number of allylic oxidation sites excluding steroid dienone is 2. The van der Waals surface area contributed by atoms with E-state index < -0.39 is 0 Å². The average Bonchev–Trinajstić information content (AvgIpc) is 2.38. The smallest absolute Gasteiger partial charge is 0.155 e. The van der Waals surface area contributed by atoms with Crippen LogP contribution in [0.3, 0.4) is 0 Å². The van der Waals surface area contributed by atoms with E-state index >= 15 is 0 Å². The van der Waals surface area contributed by atoms with Crippen molar-refractivity contribution in [2.24, 2.45) is 22.7 Å². The molecule has 0 aromatic rings. The lowest BCUT2D eigenvalue weighted by Crippen LogP contribution is -2.46. The van der Waals surface area contributed by atoms with Crippen molar-refractivity contribution in [3.8, 4) is 0 Å². The summed E-state index contributed by atoms with van der Waals surface area (Å²) in [6.45, 7) is 9.56. The van der Waals surface area contributed by atoms with E-state index in [1.54, 1.807) is 0 Å². The monoisotopic (exact) mass is 292 g/mol. The molecule has 2 heteroatoms. The molecule has 0 amide bonds. The van der Waals surface area contributed by atoms with Crippen LogP contribution >= 0.6 is 0 Å². The highest BCUT2D eigenvalue weighted by Crippen LogP contribution is 2.58. The quantitative estimate of drug-likeness (QED) is 0.809. The summed E-state index contributed by atoms with van der Waals surface area (Å²) in [6, 6.07) is 0. The lowest BCUT2D eigenvalue weighted by Gasteiger charge is -2.54. The van der Waals surface area contributed by atoms with E-state index in [1.165, 1.54) is 24.8 Å². The lowest BCUT2D eigenvalue weighted by atomic mass is 9.50. The third kappa shape index (κ3) is 3.41. The van der Waals surface area contributed by atoms with Crippen molar-refractivity contribution in [2.75, 3.05) is 6.61 Å². The summed E-state index contributed by atoms with van der Waals surface area (Å²) in [4.78, 5) is 12.2. The summed E-state index contributed by atoms with van der Waals surface area (Å²) in [5.41, 5.74) is 1.88. The van der Waals surface area contributed by atoms with Gasteiger partial charge in [-0.1, -0.05) is 39.7 Å². The second kappa shape index (κ2) is 6.24. The van der Waals surface area contributed by atoms with Crippen LogP contribution in [0.1, 0.15) is 72.6 Å². The predicted molar refractivity (Wildman–Crippen MR) is 87.0 cm³/mol. The molecule has 0 aromatic carbocycles. The largest absolute Gasteiger partial charge is 0.396 e. The van der Waals surface area contributed by atoms with E-state index in [0.717, 1.165) is 25.7 Å². The van der Waals surface area contributed by atoms with Crippen molar-refractivity contribution in [3.63, 3.8) is 0 Å². The van der Waals surface area contributed by atoms with Gasteiger partial charge < -0.3 is 5.11 Å². The molecule has 0 bridgehead atoms. The first-order chi connectivity index (χ1) is 9.79. The van der Waals surface area contributed by atoms with Crippen molar-refractivity contribution in [2.45, 2.75) is 72.6 Å². The van der Waals surface area contributed by atoms with Crippen LogP contribution in [0.2, 0.25) is 0 Å². The third-order valence-corrected chi connectivity index (χ3v) is 6.23. The van der Waals surface area contributed by atoms with Gasteiger partial charge in [-0.05, 0) is 60.8 Å². The average molecular weight is 292 g/mol. The molecule has 3 unspecified atom stereocenters. The Hall–Kier alpha value is -0.630. The fraction of sp³-hybridized carbons (Fsp3) is 0.842. The molecule has 21 heavy (non-hydrogen) atoms. The first-order valence-corrected chi connectivity index (χ1v) is 8.64. The van der Waals surface area contributed by atoms with Gasteiger partial charge in [-0.3, -0.25) is 4.79 Å². The Kier molecular flexibility index (Phi) is 4.97. The molecule has 0 spiro atoms. The maximum Gasteiger partial charge on any atom is 0.155 e. The van der Waals surface area contributed by atoms with Crippen LogP contribution in [0.5, 0.6) is 0 Å². The zero-order valence-electron chi connectivity index (χ0n) is 14.2. The van der Waals surface area contributed by atoms with Crippen molar-refractivity contribution in [1.82, 2.24) is 0 Å². The van der Waals surface area contributed by atoms with Crippen LogP contribution in [0.15, 0.2) is 11.6 Å². The molecule has 2 aliphatic rings. The Morgan fingerprint density at radius 3 is 2.67 bits per heavy atom. The minimum Gasteiger partial charge on any atom is -0.396 e. The maximum atomic E-state index is 12.2. The number of aliphatic hydroxyl groups excluding tert-OH is 1. The first-order valence-electron chi connectivity index (χ1n) is 8.64. The highest BCUT2D eigenvalue weighted by molar-refractivity contribution is 5.92. The summed E-state index contributed by atoms with van der Waals surface area (Å²) >= 11 is 0. The molecule has 0 radical (unpaired) electrons. The highest BCUT2D eigenvalue weighted by Gasteiger charge is 2.50. The summed E-state index contributed by atoms with van der Waals surface area (Å²) in [6.07, 6.45) is 9.43. The zero-order valence-corrected chi connectivity index (χ0v) is 14.2. The molecule has 2 rings (SSSR count). The summed E-state index contributed by atoms with van der Waals surface area (Å²) in [5.74, 6) is 1.36. The minimum atomic E-state index is 0.217. The van der Waals surface area contributed by atoms with Gasteiger partial charge >= 0.3 is 0 Å². The molecule has 2 aliphatic carbocycles. The third-order valence-electron chi connectivity index (χ3n) is 6.23. The molecule has 2 nitrogen and oxygen atoms in total. The van der Waals surface area contributed by atoms with Gasteiger partial charge in [-0.25, -0.2) is 0 Å². The number of carbonyl (C=O) groups is 1. The summed E-state index contributed by atoms with van der Waals surface area (Å²) in [5, 5.41) is 9.05. The molecular weight excluding hydrogens is 260 g/mol. The first kappa shape index (κ1) is 16.7. The SMILES string of the molecule is CC(CCO)CCC1=CC(=O)CC2C(C)(C)CCCC12C. The van der Waals surface area contributed by atoms with Crippen molar-refractivity contribution < 1.29 is 9.90 Å². The van der Waals surface area contributed by atoms with E-state index in [1.807, 2.05) is 6.08 Å². The Labute approximate surface area is 130 Å². The number of fused-ring (bicyclic) bond motifs is 1. The van der Waals surface area contributed by atoms with Crippen LogP contribution in [-0.4, -0.2) is 17.5 Å². The molecule has 1 saturated carbocycles. The van der Waals surface area contributed by atoms with E-state index in [9.17, 15) is 4.79 Å². The number of rotatable bonds is 5. The van der Waals surface area contributed by atoms with E-state index in [-0.39, 0.29) is 17.4 Å². The second-order valence-corrected chi connectivity index (χ2v) is 8.31. The fourth-order valence-corrected chi connectivity index (χ4v) is 4.75. The lowest BCUT2D eigenvalue weighted by molar-refractivity contribution is -0.120. The van der Waals surface area contributed by atoms with Gasteiger partial charge in [0.15, 0.2) is 5.78 Å². The topological polar surface area (TPSA) is 37.3 Å². The maximum absolute atomic E-state index is 12.2. The van der Waals surface area contributed by atoms with Gasteiger partial charge in [-0.15, -0.1) is 0 Å². The molecule has 1 fully saturated rings. The van der Waals surface area contributed by atoms with Gasteiger partial charge in [0.25, 0.3) is 0 Å². The van der Waals surface area contributed by atoms with Gasteiger partial charge in [0, 0.05) is 13.0 Å². The van der Waals surface area contributed by atoms with Gasteiger partial charge in [0.2, 0.25) is 0 Å². The molecule has 0 aliphatic heterocycles. The molecule has 0 aromatic heterocycles. The number of carbonyl (C=O) groups excluding carboxylic acids is 1. The van der Waals surface area contributed by atoms with Crippen LogP contribution < -0.4 is 0 Å². The number of hydrogen-bond donors (Lipinski definition) is 1. The van der Waals surface area contributed by atoms with Crippen LogP contribution in [-0.2, 0) is 4.79 Å². The molecule has 0 saturated heterocycles. The molecule has 0 heterocycles. The van der Waals surface area contributed by atoms with E-state index in [0.29, 0.717) is 17.6 Å². The summed E-state index contributed by atoms with van der Waals surface area (Å²) in [7, 11) is 0. The Morgan fingerprint density at radius 2 is 2.00 bits per heavy atom. The zero-order chi connectivity index (χ0) is 15.7.